The van der Waals surface area contributed by atoms with E-state index in [4.69, 9.17) is 21.3 Å². The maximum absolute atomic E-state index is 11.3. The lowest BCUT2D eigenvalue weighted by Crippen LogP contribution is -2.11. The zero-order valence-corrected chi connectivity index (χ0v) is 13.5. The molecule has 0 unspecified atom stereocenters. The molecule has 118 valence electrons. The molecule has 0 aliphatic carbocycles. The van der Waals surface area contributed by atoms with E-state index in [0.717, 1.165) is 22.3 Å². The second kappa shape index (κ2) is 6.16. The predicted molar refractivity (Wildman–Crippen MR) is 88.3 cm³/mol. The summed E-state index contributed by atoms with van der Waals surface area (Å²) in [7, 11) is -3.71. The van der Waals surface area contributed by atoms with Gasteiger partial charge in [-0.05, 0) is 29.3 Å². The van der Waals surface area contributed by atoms with E-state index < -0.39 is 10.0 Å². The van der Waals surface area contributed by atoms with E-state index in [-0.39, 0.29) is 4.90 Å². The Kier molecular flexibility index (Phi) is 4.21. The van der Waals surface area contributed by atoms with Crippen LogP contribution in [0.3, 0.4) is 0 Å². The molecule has 5 nitrogen and oxygen atoms in total. The molecule has 1 heterocycles. The fourth-order valence-electron chi connectivity index (χ4n) is 2.28. The zero-order chi connectivity index (χ0) is 16.4. The first-order valence-electron chi connectivity index (χ1n) is 6.72. The summed E-state index contributed by atoms with van der Waals surface area (Å²) in [4.78, 5) is 0.0587. The number of rotatable bonds is 4. The van der Waals surface area contributed by atoms with Gasteiger partial charge in [0.25, 0.3) is 0 Å². The Morgan fingerprint density at radius 2 is 1.83 bits per heavy atom. The van der Waals surface area contributed by atoms with Crippen LogP contribution >= 0.6 is 11.6 Å². The minimum atomic E-state index is -3.71. The molecule has 0 saturated heterocycles. The average Bonchev–Trinajstić information content (AvgIpc) is 3.04. The Balaban J connectivity index is 2.04. The summed E-state index contributed by atoms with van der Waals surface area (Å²) in [5.41, 5.74) is 4.06. The first-order chi connectivity index (χ1) is 11.0. The number of benzene rings is 2. The number of halogens is 1. The van der Waals surface area contributed by atoms with Crippen LogP contribution in [0.25, 0.3) is 22.4 Å². The van der Waals surface area contributed by atoms with Crippen LogP contribution in [-0.4, -0.2) is 13.6 Å². The molecular weight excluding hydrogens is 336 g/mol. The van der Waals surface area contributed by atoms with Crippen molar-refractivity contribution in [2.24, 2.45) is 5.14 Å². The molecule has 7 heteroatoms. The van der Waals surface area contributed by atoms with Crippen molar-refractivity contribution in [1.29, 1.82) is 0 Å². The first-order valence-corrected chi connectivity index (χ1v) is 8.80. The van der Waals surface area contributed by atoms with E-state index in [1.54, 1.807) is 12.1 Å². The van der Waals surface area contributed by atoms with Gasteiger partial charge in [0.1, 0.15) is 12.0 Å². The van der Waals surface area contributed by atoms with Gasteiger partial charge in [-0.15, -0.1) is 11.6 Å². The highest BCUT2D eigenvalue weighted by Gasteiger charge is 2.14. The molecule has 3 aromatic rings. The third kappa shape index (κ3) is 3.29. The SMILES string of the molecule is NS(=O)(=O)c1ccc(-c2conc2-c2cccc(CCl)c2)cc1. The van der Waals surface area contributed by atoms with Gasteiger partial charge < -0.3 is 4.52 Å². The van der Waals surface area contributed by atoms with Crippen molar-refractivity contribution in [1.82, 2.24) is 5.16 Å². The maximum Gasteiger partial charge on any atom is 0.238 e. The summed E-state index contributed by atoms with van der Waals surface area (Å²) in [5.74, 6) is 0.407. The first kappa shape index (κ1) is 15.7. The van der Waals surface area contributed by atoms with Crippen LogP contribution < -0.4 is 5.14 Å². The van der Waals surface area contributed by atoms with Gasteiger partial charge in [-0.3, -0.25) is 0 Å². The van der Waals surface area contributed by atoms with Crippen molar-refractivity contribution in [3.05, 3.63) is 60.4 Å². The number of primary sulfonamides is 1. The maximum atomic E-state index is 11.3. The van der Waals surface area contributed by atoms with Crippen molar-refractivity contribution in [2.75, 3.05) is 0 Å². The third-order valence-electron chi connectivity index (χ3n) is 3.42. The highest BCUT2D eigenvalue weighted by atomic mass is 35.5. The van der Waals surface area contributed by atoms with Gasteiger partial charge in [-0.25, -0.2) is 13.6 Å². The zero-order valence-electron chi connectivity index (χ0n) is 11.9. The monoisotopic (exact) mass is 348 g/mol. The second-order valence-electron chi connectivity index (χ2n) is 4.98. The number of aromatic nitrogens is 1. The van der Waals surface area contributed by atoms with Crippen molar-refractivity contribution in [2.45, 2.75) is 10.8 Å². The summed E-state index contributed by atoms with van der Waals surface area (Å²) >= 11 is 5.86. The van der Waals surface area contributed by atoms with Crippen molar-refractivity contribution in [3.8, 4) is 22.4 Å². The van der Waals surface area contributed by atoms with Crippen LogP contribution in [0.1, 0.15) is 5.56 Å². The number of alkyl halides is 1. The number of nitrogens with zero attached hydrogens (tertiary/aromatic N) is 1. The Hall–Kier alpha value is -2.15. The van der Waals surface area contributed by atoms with Crippen LogP contribution in [0, 0.1) is 0 Å². The van der Waals surface area contributed by atoms with E-state index in [1.807, 2.05) is 24.3 Å². The molecule has 0 saturated carbocycles. The normalized spacial score (nSPS) is 11.6. The lowest BCUT2D eigenvalue weighted by atomic mass is 10.0. The van der Waals surface area contributed by atoms with Gasteiger partial charge in [-0.1, -0.05) is 35.5 Å². The summed E-state index contributed by atoms with van der Waals surface area (Å²) < 4.78 is 27.7. The van der Waals surface area contributed by atoms with Gasteiger partial charge in [0.05, 0.1) is 4.90 Å². The molecule has 0 spiro atoms. The highest BCUT2D eigenvalue weighted by Crippen LogP contribution is 2.32. The van der Waals surface area contributed by atoms with Gasteiger partial charge >= 0.3 is 0 Å². The molecule has 0 atom stereocenters. The standard InChI is InChI=1S/C16H13ClN2O3S/c17-9-11-2-1-3-13(8-11)16-15(10-22-19-16)12-4-6-14(7-5-12)23(18,20)21/h1-8,10H,9H2,(H2,18,20,21). The molecule has 2 aromatic carbocycles. The van der Waals surface area contributed by atoms with Gasteiger partial charge in [0, 0.05) is 17.0 Å². The summed E-state index contributed by atoms with van der Waals surface area (Å²) in [6.45, 7) is 0. The second-order valence-corrected chi connectivity index (χ2v) is 6.81. The fourth-order valence-corrected chi connectivity index (χ4v) is 2.96. The lowest BCUT2D eigenvalue weighted by Gasteiger charge is -2.04. The smallest absolute Gasteiger partial charge is 0.238 e. The molecular formula is C16H13ClN2O3S. The summed E-state index contributed by atoms with van der Waals surface area (Å²) in [5, 5.41) is 9.16. The Morgan fingerprint density at radius 3 is 2.48 bits per heavy atom. The van der Waals surface area contributed by atoms with E-state index in [1.165, 1.54) is 18.4 Å². The number of sulfonamides is 1. The number of nitrogens with two attached hydrogens (primary N) is 1. The lowest BCUT2D eigenvalue weighted by molar-refractivity contribution is 0.422. The third-order valence-corrected chi connectivity index (χ3v) is 4.66. The average molecular weight is 349 g/mol. The topological polar surface area (TPSA) is 86.2 Å². The molecule has 0 amide bonds. The van der Waals surface area contributed by atoms with Crippen LogP contribution in [0.4, 0.5) is 0 Å². The molecule has 0 radical (unpaired) electrons. The molecule has 3 rings (SSSR count). The van der Waals surface area contributed by atoms with Crippen molar-refractivity contribution < 1.29 is 12.9 Å². The fraction of sp³-hybridized carbons (Fsp3) is 0.0625. The van der Waals surface area contributed by atoms with Crippen LogP contribution in [0.2, 0.25) is 0 Å². The molecule has 0 aliphatic heterocycles. The summed E-state index contributed by atoms with van der Waals surface area (Å²) in [6, 6.07) is 13.9. The van der Waals surface area contributed by atoms with Crippen LogP contribution in [0.5, 0.6) is 0 Å². The molecule has 23 heavy (non-hydrogen) atoms. The van der Waals surface area contributed by atoms with Crippen LogP contribution in [0.15, 0.2) is 64.2 Å². The van der Waals surface area contributed by atoms with Gasteiger partial charge in [-0.2, -0.15) is 0 Å². The number of hydrogen-bond donors (Lipinski definition) is 1. The molecule has 1 aromatic heterocycles. The van der Waals surface area contributed by atoms with Crippen molar-refractivity contribution in [3.63, 3.8) is 0 Å². The molecule has 2 N–H and O–H groups in total. The van der Waals surface area contributed by atoms with E-state index in [0.29, 0.717) is 11.6 Å². The van der Waals surface area contributed by atoms with Crippen molar-refractivity contribution >= 4 is 21.6 Å². The van der Waals surface area contributed by atoms with E-state index in [9.17, 15) is 8.42 Å². The largest absolute Gasteiger partial charge is 0.363 e. The molecule has 0 fully saturated rings. The Labute approximate surface area is 138 Å². The predicted octanol–water partition coefficient (Wildman–Crippen LogP) is 3.39. The minimum Gasteiger partial charge on any atom is -0.363 e. The van der Waals surface area contributed by atoms with Gasteiger partial charge in [0.2, 0.25) is 10.0 Å². The van der Waals surface area contributed by atoms with E-state index >= 15 is 0 Å². The highest BCUT2D eigenvalue weighted by molar-refractivity contribution is 7.89. The van der Waals surface area contributed by atoms with Crippen LogP contribution in [-0.2, 0) is 15.9 Å². The van der Waals surface area contributed by atoms with E-state index in [2.05, 4.69) is 5.16 Å². The number of hydrogen-bond acceptors (Lipinski definition) is 4. The Morgan fingerprint density at radius 1 is 1.09 bits per heavy atom. The minimum absolute atomic E-state index is 0.0587. The quantitative estimate of drug-likeness (QED) is 0.732. The summed E-state index contributed by atoms with van der Waals surface area (Å²) in [6.07, 6.45) is 1.52. The molecule has 0 bridgehead atoms. The molecule has 0 aliphatic rings. The van der Waals surface area contributed by atoms with Gasteiger partial charge in [0.15, 0.2) is 0 Å². The Bertz CT molecular complexity index is 934.